The number of rotatable bonds is 4. The molecular weight excluding hydrogens is 344 g/mol. The lowest BCUT2D eigenvalue weighted by Gasteiger charge is -2.31. The van der Waals surface area contributed by atoms with Crippen molar-refractivity contribution in [2.75, 3.05) is 13.1 Å². The van der Waals surface area contributed by atoms with Crippen molar-refractivity contribution in [3.05, 3.63) is 57.8 Å². The lowest BCUT2D eigenvalue weighted by atomic mass is 9.93. The van der Waals surface area contributed by atoms with Gasteiger partial charge < -0.3 is 14.6 Å². The number of hydrogen-bond donors (Lipinski definition) is 1. The first kappa shape index (κ1) is 18.0. The molecule has 1 N–H and O–H groups in total. The molecule has 0 unspecified atom stereocenters. The predicted molar refractivity (Wildman–Crippen MR) is 90.5 cm³/mol. The van der Waals surface area contributed by atoms with Gasteiger partial charge in [-0.05, 0) is 38.0 Å². The maximum atomic E-state index is 12.6. The van der Waals surface area contributed by atoms with Crippen molar-refractivity contribution < 1.29 is 18.3 Å². The van der Waals surface area contributed by atoms with Gasteiger partial charge in [0.2, 0.25) is 0 Å². The Balaban J connectivity index is 1.66. The van der Waals surface area contributed by atoms with Crippen LogP contribution < -0.4 is 10.3 Å². The number of nitrogens with zero attached hydrogens (tertiary/aromatic N) is 2. The highest BCUT2D eigenvalue weighted by Gasteiger charge is 2.26. The SMILES string of the molecule is Cc1nc(C2CCN(C(=O)c3cccc(OC(F)F)c3)CC2)cc(=O)[nH]1. The van der Waals surface area contributed by atoms with Gasteiger partial charge in [0.1, 0.15) is 11.6 Å². The molecule has 6 nitrogen and oxygen atoms in total. The number of carbonyl (C=O) groups excluding carboxylic acids is 1. The molecule has 0 bridgehead atoms. The van der Waals surface area contributed by atoms with Crippen LogP contribution in [0, 0.1) is 6.92 Å². The second kappa shape index (κ2) is 7.63. The van der Waals surface area contributed by atoms with Gasteiger partial charge in [-0.15, -0.1) is 0 Å². The topological polar surface area (TPSA) is 75.3 Å². The summed E-state index contributed by atoms with van der Waals surface area (Å²) < 4.78 is 29.0. The number of aromatic amines is 1. The van der Waals surface area contributed by atoms with Crippen LogP contribution >= 0.6 is 0 Å². The fourth-order valence-electron chi connectivity index (χ4n) is 3.18. The third-order valence-electron chi connectivity index (χ3n) is 4.39. The number of alkyl halides is 2. The molecule has 1 amide bonds. The minimum absolute atomic E-state index is 0.0380. The average Bonchev–Trinajstić information content (AvgIpc) is 2.60. The van der Waals surface area contributed by atoms with Gasteiger partial charge in [0.05, 0.1) is 5.69 Å². The summed E-state index contributed by atoms with van der Waals surface area (Å²) in [4.78, 5) is 32.9. The molecule has 1 saturated heterocycles. The Labute approximate surface area is 148 Å². The number of aryl methyl sites for hydroxylation is 1. The third kappa shape index (κ3) is 4.25. The number of nitrogens with one attached hydrogen (secondary N) is 1. The third-order valence-corrected chi connectivity index (χ3v) is 4.39. The van der Waals surface area contributed by atoms with E-state index in [1.54, 1.807) is 17.9 Å². The van der Waals surface area contributed by atoms with Crippen molar-refractivity contribution in [2.45, 2.75) is 32.3 Å². The van der Waals surface area contributed by atoms with Crippen molar-refractivity contribution in [3.63, 3.8) is 0 Å². The van der Waals surface area contributed by atoms with Gasteiger partial charge in [-0.25, -0.2) is 4.98 Å². The van der Waals surface area contributed by atoms with E-state index >= 15 is 0 Å². The van der Waals surface area contributed by atoms with Crippen molar-refractivity contribution in [1.82, 2.24) is 14.9 Å². The van der Waals surface area contributed by atoms with Crippen LogP contribution in [-0.2, 0) is 0 Å². The second-order valence-electron chi connectivity index (χ2n) is 6.23. The molecule has 1 fully saturated rings. The van der Waals surface area contributed by atoms with Crippen molar-refractivity contribution in [1.29, 1.82) is 0 Å². The number of aromatic nitrogens is 2. The summed E-state index contributed by atoms with van der Waals surface area (Å²) >= 11 is 0. The molecule has 2 heterocycles. The quantitative estimate of drug-likeness (QED) is 0.906. The van der Waals surface area contributed by atoms with E-state index in [1.807, 2.05) is 0 Å². The molecule has 0 radical (unpaired) electrons. The van der Waals surface area contributed by atoms with E-state index in [-0.39, 0.29) is 23.1 Å². The minimum atomic E-state index is -2.93. The number of likely N-dealkylation sites (tertiary alicyclic amines) is 1. The first-order valence-corrected chi connectivity index (χ1v) is 8.34. The van der Waals surface area contributed by atoms with E-state index < -0.39 is 6.61 Å². The minimum Gasteiger partial charge on any atom is -0.435 e. The lowest BCUT2D eigenvalue weighted by molar-refractivity contribution is -0.0499. The molecule has 0 spiro atoms. The molecule has 138 valence electrons. The van der Waals surface area contributed by atoms with Gasteiger partial charge in [-0.2, -0.15) is 8.78 Å². The predicted octanol–water partition coefficient (Wildman–Crippen LogP) is 2.70. The van der Waals surface area contributed by atoms with E-state index in [0.29, 0.717) is 37.3 Å². The number of piperidine rings is 1. The Morgan fingerprint density at radius 1 is 1.31 bits per heavy atom. The largest absolute Gasteiger partial charge is 0.435 e. The van der Waals surface area contributed by atoms with Crippen LogP contribution in [-0.4, -0.2) is 40.5 Å². The van der Waals surface area contributed by atoms with Crippen LogP contribution in [0.2, 0.25) is 0 Å². The highest BCUT2D eigenvalue weighted by atomic mass is 19.3. The Morgan fingerprint density at radius 2 is 2.04 bits per heavy atom. The fraction of sp³-hybridized carbons (Fsp3) is 0.389. The summed E-state index contributed by atoms with van der Waals surface area (Å²) in [7, 11) is 0. The maximum Gasteiger partial charge on any atom is 0.387 e. The van der Waals surface area contributed by atoms with E-state index in [0.717, 1.165) is 5.69 Å². The molecule has 1 aliphatic rings. The molecular formula is C18H19F2N3O3. The fourth-order valence-corrected chi connectivity index (χ4v) is 3.18. The Kier molecular flexibility index (Phi) is 5.29. The molecule has 2 aromatic rings. The summed E-state index contributed by atoms with van der Waals surface area (Å²) in [6, 6.07) is 7.30. The summed E-state index contributed by atoms with van der Waals surface area (Å²) in [5.74, 6) is 0.428. The first-order chi connectivity index (χ1) is 12.4. The van der Waals surface area contributed by atoms with Crippen molar-refractivity contribution >= 4 is 5.91 Å². The molecule has 0 aliphatic carbocycles. The van der Waals surface area contributed by atoms with Gasteiger partial charge in [-0.1, -0.05) is 6.07 Å². The number of carbonyl (C=O) groups is 1. The maximum absolute atomic E-state index is 12.6. The van der Waals surface area contributed by atoms with Crippen LogP contribution in [0.15, 0.2) is 35.1 Å². The highest BCUT2D eigenvalue weighted by Crippen LogP contribution is 2.27. The first-order valence-electron chi connectivity index (χ1n) is 8.34. The van der Waals surface area contributed by atoms with Crippen molar-refractivity contribution in [2.24, 2.45) is 0 Å². The zero-order chi connectivity index (χ0) is 18.7. The molecule has 1 aliphatic heterocycles. The van der Waals surface area contributed by atoms with Gasteiger partial charge >= 0.3 is 6.61 Å². The van der Waals surface area contributed by atoms with Crippen LogP contribution in [0.4, 0.5) is 8.78 Å². The Hall–Kier alpha value is -2.77. The smallest absolute Gasteiger partial charge is 0.387 e. The van der Waals surface area contributed by atoms with Crippen LogP contribution in [0.25, 0.3) is 0 Å². The zero-order valence-corrected chi connectivity index (χ0v) is 14.2. The monoisotopic (exact) mass is 363 g/mol. The van der Waals surface area contributed by atoms with E-state index in [1.165, 1.54) is 24.3 Å². The number of hydrogen-bond acceptors (Lipinski definition) is 4. The molecule has 26 heavy (non-hydrogen) atoms. The van der Waals surface area contributed by atoms with Gasteiger partial charge in [0.15, 0.2) is 0 Å². The van der Waals surface area contributed by atoms with E-state index in [4.69, 9.17) is 0 Å². The Morgan fingerprint density at radius 3 is 2.69 bits per heavy atom. The van der Waals surface area contributed by atoms with Gasteiger partial charge in [-0.3, -0.25) is 9.59 Å². The molecule has 1 aromatic heterocycles. The molecule has 8 heteroatoms. The number of ether oxygens (including phenoxy) is 1. The Bertz CT molecular complexity index is 846. The summed E-state index contributed by atoms with van der Waals surface area (Å²) in [5, 5.41) is 0. The molecule has 3 rings (SSSR count). The van der Waals surface area contributed by atoms with Gasteiger partial charge in [0.25, 0.3) is 11.5 Å². The summed E-state index contributed by atoms with van der Waals surface area (Å²) in [5.41, 5.74) is 0.874. The number of amides is 1. The second-order valence-corrected chi connectivity index (χ2v) is 6.23. The standard InChI is InChI=1S/C18H19F2N3O3/c1-11-21-15(10-16(24)22-11)12-5-7-23(8-6-12)17(25)13-3-2-4-14(9-13)26-18(19)20/h2-4,9-10,12,18H,5-8H2,1H3,(H,21,22,24). The van der Waals surface area contributed by atoms with Crippen LogP contribution in [0.3, 0.4) is 0 Å². The summed E-state index contributed by atoms with van der Waals surface area (Å²) in [6.07, 6.45) is 1.38. The summed E-state index contributed by atoms with van der Waals surface area (Å²) in [6.45, 7) is -0.174. The number of benzene rings is 1. The van der Waals surface area contributed by atoms with Crippen molar-refractivity contribution in [3.8, 4) is 5.75 Å². The van der Waals surface area contributed by atoms with E-state index in [2.05, 4.69) is 14.7 Å². The normalized spacial score (nSPS) is 15.3. The van der Waals surface area contributed by atoms with Crippen LogP contribution in [0.5, 0.6) is 5.75 Å². The molecule has 0 atom stereocenters. The number of halogens is 2. The van der Waals surface area contributed by atoms with E-state index in [9.17, 15) is 18.4 Å². The lowest BCUT2D eigenvalue weighted by Crippen LogP contribution is -2.38. The highest BCUT2D eigenvalue weighted by molar-refractivity contribution is 5.94. The molecule has 0 saturated carbocycles. The average molecular weight is 363 g/mol. The number of H-pyrrole nitrogens is 1. The molecule has 1 aromatic carbocycles. The van der Waals surface area contributed by atoms with Gasteiger partial charge in [0, 0.05) is 30.6 Å². The zero-order valence-electron chi connectivity index (χ0n) is 14.2. The van der Waals surface area contributed by atoms with Crippen LogP contribution in [0.1, 0.15) is 40.6 Å².